The van der Waals surface area contributed by atoms with Crippen molar-refractivity contribution in [1.82, 2.24) is 15.0 Å². The second-order valence-electron chi connectivity index (χ2n) is 4.85. The first-order chi connectivity index (χ1) is 10.6. The summed E-state index contributed by atoms with van der Waals surface area (Å²) in [6.07, 6.45) is 2.36. The van der Waals surface area contributed by atoms with Crippen molar-refractivity contribution < 1.29 is 9.47 Å². The number of fused-ring (bicyclic) bond motifs is 1. The molecule has 7 heteroatoms. The number of rotatable bonds is 4. The largest absolute Gasteiger partial charge is 0.493 e. The number of hydrogen-bond donors (Lipinski definition) is 3. The number of benzene rings is 1. The topological polar surface area (TPSA) is 106 Å². The van der Waals surface area contributed by atoms with Gasteiger partial charge in [-0.05, 0) is 17.7 Å². The smallest absolute Gasteiger partial charge is 0.276 e. The Balaban J connectivity index is 2.02. The van der Waals surface area contributed by atoms with Crippen LogP contribution in [0, 0.1) is 0 Å². The van der Waals surface area contributed by atoms with Crippen molar-refractivity contribution in [3.05, 3.63) is 45.9 Å². The lowest BCUT2D eigenvalue weighted by molar-refractivity contribution is 0.354. The first kappa shape index (κ1) is 14.0. The van der Waals surface area contributed by atoms with Crippen molar-refractivity contribution in [3.63, 3.8) is 0 Å². The maximum Gasteiger partial charge on any atom is 0.276 e. The number of aromatic nitrogens is 3. The predicted molar refractivity (Wildman–Crippen MR) is 83.5 cm³/mol. The number of H-pyrrole nitrogens is 2. The Kier molecular flexibility index (Phi) is 3.46. The van der Waals surface area contributed by atoms with Crippen LogP contribution >= 0.6 is 0 Å². The van der Waals surface area contributed by atoms with Crippen LogP contribution in [0.3, 0.4) is 0 Å². The van der Waals surface area contributed by atoms with Crippen molar-refractivity contribution in [3.8, 4) is 11.5 Å². The minimum Gasteiger partial charge on any atom is -0.493 e. The highest BCUT2D eigenvalue weighted by Crippen LogP contribution is 2.29. The van der Waals surface area contributed by atoms with Gasteiger partial charge in [-0.15, -0.1) is 0 Å². The molecule has 0 spiro atoms. The molecule has 2 heterocycles. The standard InChI is InChI=1S/C15H16N4O3/c1-21-10-4-3-8(6-11(10)22-2)5-9-7-17-13-12(9)18-15(16)19-14(13)20/h3-4,6-7,17H,5H2,1-2H3,(H3,16,18,19,20). The van der Waals surface area contributed by atoms with Crippen molar-refractivity contribution in [2.45, 2.75) is 6.42 Å². The molecule has 0 unspecified atom stereocenters. The third kappa shape index (κ3) is 2.37. The van der Waals surface area contributed by atoms with E-state index in [1.165, 1.54) is 0 Å². The first-order valence-corrected chi connectivity index (χ1v) is 6.69. The lowest BCUT2D eigenvalue weighted by Crippen LogP contribution is -2.11. The summed E-state index contributed by atoms with van der Waals surface area (Å²) in [6, 6.07) is 5.68. The molecule has 3 rings (SSSR count). The van der Waals surface area contributed by atoms with Crippen LogP contribution in [0.1, 0.15) is 11.1 Å². The minimum absolute atomic E-state index is 0.102. The maximum atomic E-state index is 11.8. The van der Waals surface area contributed by atoms with Gasteiger partial charge >= 0.3 is 0 Å². The van der Waals surface area contributed by atoms with E-state index in [-0.39, 0.29) is 11.5 Å². The van der Waals surface area contributed by atoms with Crippen LogP contribution in [0.4, 0.5) is 5.95 Å². The van der Waals surface area contributed by atoms with Gasteiger partial charge in [0.05, 0.1) is 14.2 Å². The molecule has 0 fully saturated rings. The SMILES string of the molecule is COc1ccc(Cc2c[nH]c3c(=O)[nH]c(N)nc23)cc1OC. The van der Waals surface area contributed by atoms with Gasteiger partial charge in [0, 0.05) is 18.2 Å². The van der Waals surface area contributed by atoms with Gasteiger partial charge in [0.2, 0.25) is 5.95 Å². The summed E-state index contributed by atoms with van der Waals surface area (Å²) in [4.78, 5) is 21.4. The lowest BCUT2D eigenvalue weighted by atomic mass is 10.1. The molecular formula is C15H16N4O3. The fourth-order valence-corrected chi connectivity index (χ4v) is 2.43. The molecule has 0 amide bonds. The number of nitrogen functional groups attached to an aromatic ring is 1. The van der Waals surface area contributed by atoms with Gasteiger partial charge in [0.1, 0.15) is 11.0 Å². The quantitative estimate of drug-likeness (QED) is 0.676. The molecule has 0 saturated carbocycles. The number of methoxy groups -OCH3 is 2. The number of hydrogen-bond acceptors (Lipinski definition) is 5. The van der Waals surface area contributed by atoms with Crippen LogP contribution in [-0.2, 0) is 6.42 Å². The second-order valence-corrected chi connectivity index (χ2v) is 4.85. The summed E-state index contributed by atoms with van der Waals surface area (Å²) in [5.74, 6) is 1.43. The summed E-state index contributed by atoms with van der Waals surface area (Å²) in [5.41, 5.74) is 8.24. The van der Waals surface area contributed by atoms with Crippen LogP contribution < -0.4 is 20.8 Å². The summed E-state index contributed by atoms with van der Waals surface area (Å²) in [7, 11) is 3.19. The number of nitrogens with two attached hydrogens (primary N) is 1. The maximum absolute atomic E-state index is 11.8. The van der Waals surface area contributed by atoms with E-state index in [0.717, 1.165) is 11.1 Å². The van der Waals surface area contributed by atoms with Crippen molar-refractivity contribution in [1.29, 1.82) is 0 Å². The van der Waals surface area contributed by atoms with E-state index in [1.807, 2.05) is 18.2 Å². The zero-order valence-corrected chi connectivity index (χ0v) is 12.3. The van der Waals surface area contributed by atoms with Crippen LogP contribution in [0.15, 0.2) is 29.2 Å². The van der Waals surface area contributed by atoms with E-state index in [9.17, 15) is 4.79 Å². The Bertz CT molecular complexity index is 882. The molecule has 0 saturated heterocycles. The molecule has 0 bridgehead atoms. The molecule has 0 atom stereocenters. The van der Waals surface area contributed by atoms with Crippen molar-refractivity contribution in [2.24, 2.45) is 0 Å². The molecule has 3 aromatic rings. The molecule has 1 aromatic carbocycles. The van der Waals surface area contributed by atoms with Crippen LogP contribution in [0.2, 0.25) is 0 Å². The molecule has 2 aromatic heterocycles. The van der Waals surface area contributed by atoms with Gasteiger partial charge in [0.15, 0.2) is 11.5 Å². The zero-order valence-electron chi connectivity index (χ0n) is 12.3. The molecule has 4 N–H and O–H groups in total. The Morgan fingerprint density at radius 1 is 1.23 bits per heavy atom. The van der Waals surface area contributed by atoms with Gasteiger partial charge in [-0.2, -0.15) is 0 Å². The second kappa shape index (κ2) is 5.44. The van der Waals surface area contributed by atoms with Gasteiger partial charge in [0.25, 0.3) is 5.56 Å². The summed E-state index contributed by atoms with van der Waals surface area (Å²) >= 11 is 0. The first-order valence-electron chi connectivity index (χ1n) is 6.69. The summed E-state index contributed by atoms with van der Waals surface area (Å²) in [5, 5.41) is 0. The lowest BCUT2D eigenvalue weighted by Gasteiger charge is -2.09. The molecule has 0 aliphatic carbocycles. The van der Waals surface area contributed by atoms with Gasteiger partial charge in [-0.3, -0.25) is 9.78 Å². The fourth-order valence-electron chi connectivity index (χ4n) is 2.43. The van der Waals surface area contributed by atoms with Gasteiger partial charge < -0.3 is 20.2 Å². The van der Waals surface area contributed by atoms with Crippen LogP contribution in [0.25, 0.3) is 11.0 Å². The number of anilines is 1. The van der Waals surface area contributed by atoms with E-state index in [2.05, 4.69) is 15.0 Å². The molecule has 114 valence electrons. The third-order valence-corrected chi connectivity index (χ3v) is 3.48. The Hall–Kier alpha value is -2.96. The summed E-state index contributed by atoms with van der Waals surface area (Å²) in [6.45, 7) is 0. The highest BCUT2D eigenvalue weighted by atomic mass is 16.5. The minimum atomic E-state index is -0.277. The number of aromatic amines is 2. The molecule has 7 nitrogen and oxygen atoms in total. The van der Waals surface area contributed by atoms with E-state index in [1.54, 1.807) is 20.4 Å². The van der Waals surface area contributed by atoms with Crippen LogP contribution in [0.5, 0.6) is 11.5 Å². The number of ether oxygens (including phenoxy) is 2. The van der Waals surface area contributed by atoms with Crippen molar-refractivity contribution in [2.75, 3.05) is 20.0 Å². The average molecular weight is 300 g/mol. The highest BCUT2D eigenvalue weighted by molar-refractivity contribution is 5.79. The fraction of sp³-hybridized carbons (Fsp3) is 0.200. The number of nitrogens with one attached hydrogen (secondary N) is 2. The molecular weight excluding hydrogens is 284 g/mol. The van der Waals surface area contributed by atoms with Crippen molar-refractivity contribution >= 4 is 17.0 Å². The van der Waals surface area contributed by atoms with E-state index >= 15 is 0 Å². The Morgan fingerprint density at radius 3 is 2.73 bits per heavy atom. The Morgan fingerprint density at radius 2 is 2.00 bits per heavy atom. The molecule has 22 heavy (non-hydrogen) atoms. The van der Waals surface area contributed by atoms with Crippen LogP contribution in [-0.4, -0.2) is 29.2 Å². The van der Waals surface area contributed by atoms with E-state index in [0.29, 0.717) is 29.0 Å². The number of nitrogens with zero attached hydrogens (tertiary/aromatic N) is 1. The molecule has 0 aliphatic heterocycles. The van der Waals surface area contributed by atoms with E-state index in [4.69, 9.17) is 15.2 Å². The molecule has 0 radical (unpaired) electrons. The van der Waals surface area contributed by atoms with Gasteiger partial charge in [-0.1, -0.05) is 6.07 Å². The predicted octanol–water partition coefficient (Wildman–Crippen LogP) is 1.44. The zero-order chi connectivity index (χ0) is 15.7. The average Bonchev–Trinajstić information content (AvgIpc) is 2.90. The monoisotopic (exact) mass is 300 g/mol. The summed E-state index contributed by atoms with van der Waals surface area (Å²) < 4.78 is 10.5. The highest BCUT2D eigenvalue weighted by Gasteiger charge is 2.11. The third-order valence-electron chi connectivity index (χ3n) is 3.48. The normalized spacial score (nSPS) is 10.8. The Labute approximate surface area is 126 Å². The van der Waals surface area contributed by atoms with Gasteiger partial charge in [-0.25, -0.2) is 4.98 Å². The molecule has 0 aliphatic rings. The van der Waals surface area contributed by atoms with E-state index < -0.39 is 0 Å².